The Balaban J connectivity index is 2.19. The molecule has 0 saturated heterocycles. The van der Waals surface area contributed by atoms with Crippen LogP contribution < -0.4 is 4.74 Å². The zero-order valence-electron chi connectivity index (χ0n) is 12.1. The molecule has 0 radical (unpaired) electrons. The van der Waals surface area contributed by atoms with Gasteiger partial charge in [0.1, 0.15) is 11.4 Å². The number of aliphatic hydroxyl groups is 1. The normalized spacial score (nSPS) is 13.9. The minimum atomic E-state index is -1.10. The molecular formula is C18H17NO2. The lowest BCUT2D eigenvalue weighted by molar-refractivity contribution is 0.104. The monoisotopic (exact) mass is 279 g/mol. The maximum absolute atomic E-state index is 11.1. The number of hydrogen-bond acceptors (Lipinski definition) is 3. The SMILES string of the molecule is COc1cccc(C(C)(O)c2cccc3cnccc23)c1. The fourth-order valence-corrected chi connectivity index (χ4v) is 2.63. The second kappa shape index (κ2) is 5.19. The molecule has 3 heteroatoms. The first-order chi connectivity index (χ1) is 10.1. The van der Waals surface area contributed by atoms with Crippen molar-refractivity contribution in [1.82, 2.24) is 4.98 Å². The van der Waals surface area contributed by atoms with Gasteiger partial charge in [0.05, 0.1) is 7.11 Å². The first-order valence-corrected chi connectivity index (χ1v) is 6.83. The lowest BCUT2D eigenvalue weighted by Gasteiger charge is -2.26. The van der Waals surface area contributed by atoms with Gasteiger partial charge in [-0.2, -0.15) is 0 Å². The van der Waals surface area contributed by atoms with Crippen molar-refractivity contribution in [2.24, 2.45) is 0 Å². The minimum Gasteiger partial charge on any atom is -0.497 e. The van der Waals surface area contributed by atoms with Gasteiger partial charge in [0.2, 0.25) is 0 Å². The molecular weight excluding hydrogens is 262 g/mol. The van der Waals surface area contributed by atoms with Crippen LogP contribution in [0.4, 0.5) is 0 Å². The largest absolute Gasteiger partial charge is 0.497 e. The maximum Gasteiger partial charge on any atom is 0.119 e. The van der Waals surface area contributed by atoms with Gasteiger partial charge in [0.15, 0.2) is 0 Å². The zero-order chi connectivity index (χ0) is 14.9. The van der Waals surface area contributed by atoms with E-state index in [0.29, 0.717) is 0 Å². The summed E-state index contributed by atoms with van der Waals surface area (Å²) in [5.41, 5.74) is 0.553. The quantitative estimate of drug-likeness (QED) is 0.798. The highest BCUT2D eigenvalue weighted by Crippen LogP contribution is 2.35. The number of ether oxygens (including phenoxy) is 1. The van der Waals surface area contributed by atoms with Crippen molar-refractivity contribution in [2.45, 2.75) is 12.5 Å². The third kappa shape index (κ3) is 2.36. The molecule has 1 heterocycles. The van der Waals surface area contributed by atoms with E-state index in [0.717, 1.165) is 27.6 Å². The van der Waals surface area contributed by atoms with E-state index in [1.54, 1.807) is 26.4 Å². The van der Waals surface area contributed by atoms with Gasteiger partial charge in [0, 0.05) is 17.8 Å². The number of pyridine rings is 1. The van der Waals surface area contributed by atoms with E-state index >= 15 is 0 Å². The molecule has 3 aromatic rings. The Hall–Kier alpha value is -2.39. The van der Waals surface area contributed by atoms with Crippen LogP contribution in [0.1, 0.15) is 18.1 Å². The van der Waals surface area contributed by atoms with E-state index in [-0.39, 0.29) is 0 Å². The van der Waals surface area contributed by atoms with E-state index < -0.39 is 5.60 Å². The van der Waals surface area contributed by atoms with Crippen molar-refractivity contribution in [1.29, 1.82) is 0 Å². The van der Waals surface area contributed by atoms with Gasteiger partial charge >= 0.3 is 0 Å². The Bertz CT molecular complexity index is 776. The first-order valence-electron chi connectivity index (χ1n) is 6.83. The molecule has 2 aromatic carbocycles. The predicted octanol–water partition coefficient (Wildman–Crippen LogP) is 3.50. The van der Waals surface area contributed by atoms with E-state index in [4.69, 9.17) is 4.74 Å². The fourth-order valence-electron chi connectivity index (χ4n) is 2.63. The average molecular weight is 279 g/mol. The molecule has 1 aromatic heterocycles. The minimum absolute atomic E-state index is 0.731. The van der Waals surface area contributed by atoms with Gasteiger partial charge in [-0.3, -0.25) is 4.98 Å². The molecule has 1 atom stereocenters. The molecule has 1 unspecified atom stereocenters. The summed E-state index contributed by atoms with van der Waals surface area (Å²) in [6.07, 6.45) is 3.55. The summed E-state index contributed by atoms with van der Waals surface area (Å²) in [4.78, 5) is 4.13. The van der Waals surface area contributed by atoms with Crippen molar-refractivity contribution in [3.63, 3.8) is 0 Å². The van der Waals surface area contributed by atoms with Crippen LogP contribution in [-0.4, -0.2) is 17.2 Å². The highest BCUT2D eigenvalue weighted by Gasteiger charge is 2.27. The molecule has 0 aliphatic heterocycles. The summed E-state index contributed by atoms with van der Waals surface area (Å²) in [6.45, 7) is 1.80. The Labute approximate surface area is 123 Å². The van der Waals surface area contributed by atoms with E-state index in [1.165, 1.54) is 0 Å². The molecule has 0 bridgehead atoms. The molecule has 0 aliphatic carbocycles. The third-order valence-corrected chi connectivity index (χ3v) is 3.84. The molecule has 21 heavy (non-hydrogen) atoms. The molecule has 0 fully saturated rings. The van der Waals surface area contributed by atoms with Gasteiger partial charge in [-0.1, -0.05) is 30.3 Å². The Kier molecular flexibility index (Phi) is 3.35. The molecule has 0 aliphatic rings. The molecule has 3 nitrogen and oxygen atoms in total. The Morgan fingerprint density at radius 2 is 1.90 bits per heavy atom. The summed E-state index contributed by atoms with van der Waals surface area (Å²) < 4.78 is 5.25. The summed E-state index contributed by atoms with van der Waals surface area (Å²) in [5, 5.41) is 13.1. The number of hydrogen-bond donors (Lipinski definition) is 1. The number of rotatable bonds is 3. The second-order valence-electron chi connectivity index (χ2n) is 5.21. The van der Waals surface area contributed by atoms with Gasteiger partial charge < -0.3 is 9.84 Å². The van der Waals surface area contributed by atoms with E-state index in [2.05, 4.69) is 4.98 Å². The van der Waals surface area contributed by atoms with Crippen molar-refractivity contribution >= 4 is 10.8 Å². The van der Waals surface area contributed by atoms with Crippen molar-refractivity contribution in [2.75, 3.05) is 7.11 Å². The van der Waals surface area contributed by atoms with Crippen LogP contribution in [0.3, 0.4) is 0 Å². The molecule has 106 valence electrons. The van der Waals surface area contributed by atoms with Crippen LogP contribution in [0.15, 0.2) is 60.9 Å². The topological polar surface area (TPSA) is 42.4 Å². The van der Waals surface area contributed by atoms with Gasteiger partial charge in [-0.25, -0.2) is 0 Å². The number of methoxy groups -OCH3 is 1. The van der Waals surface area contributed by atoms with Gasteiger partial charge in [0.25, 0.3) is 0 Å². The molecule has 1 N–H and O–H groups in total. The third-order valence-electron chi connectivity index (χ3n) is 3.84. The Morgan fingerprint density at radius 1 is 1.10 bits per heavy atom. The maximum atomic E-state index is 11.1. The van der Waals surface area contributed by atoms with Crippen LogP contribution in [0.5, 0.6) is 5.75 Å². The predicted molar refractivity (Wildman–Crippen MR) is 83.4 cm³/mol. The lowest BCUT2D eigenvalue weighted by Crippen LogP contribution is -2.23. The fraction of sp³-hybridized carbons (Fsp3) is 0.167. The van der Waals surface area contributed by atoms with Crippen molar-refractivity contribution in [3.05, 3.63) is 72.1 Å². The highest BCUT2D eigenvalue weighted by atomic mass is 16.5. The Morgan fingerprint density at radius 3 is 2.71 bits per heavy atom. The van der Waals surface area contributed by atoms with Crippen LogP contribution in [0.2, 0.25) is 0 Å². The smallest absolute Gasteiger partial charge is 0.119 e. The standard InChI is InChI=1S/C18H17NO2/c1-18(20,14-6-4-7-15(11-14)21-2)17-8-3-5-13-12-19-10-9-16(13)17/h3-12,20H,1-2H3. The second-order valence-corrected chi connectivity index (χ2v) is 5.21. The van der Waals surface area contributed by atoms with E-state index in [9.17, 15) is 5.11 Å². The van der Waals surface area contributed by atoms with Gasteiger partial charge in [-0.05, 0) is 41.6 Å². The van der Waals surface area contributed by atoms with Crippen LogP contribution in [-0.2, 0) is 5.60 Å². The number of nitrogens with zero attached hydrogens (tertiary/aromatic N) is 1. The number of benzene rings is 2. The highest BCUT2D eigenvalue weighted by molar-refractivity contribution is 5.86. The molecule has 3 rings (SSSR count). The zero-order valence-corrected chi connectivity index (χ0v) is 12.1. The van der Waals surface area contributed by atoms with Crippen molar-refractivity contribution in [3.8, 4) is 5.75 Å². The van der Waals surface area contributed by atoms with E-state index in [1.807, 2.05) is 48.5 Å². The summed E-state index contributed by atoms with van der Waals surface area (Å²) in [6, 6.07) is 15.3. The average Bonchev–Trinajstić information content (AvgIpc) is 2.54. The summed E-state index contributed by atoms with van der Waals surface area (Å²) in [7, 11) is 1.62. The van der Waals surface area contributed by atoms with Crippen LogP contribution in [0, 0.1) is 0 Å². The molecule has 0 saturated carbocycles. The van der Waals surface area contributed by atoms with Crippen LogP contribution >= 0.6 is 0 Å². The number of fused-ring (bicyclic) bond motifs is 1. The van der Waals surface area contributed by atoms with Gasteiger partial charge in [-0.15, -0.1) is 0 Å². The van der Waals surface area contributed by atoms with Crippen LogP contribution in [0.25, 0.3) is 10.8 Å². The number of aromatic nitrogens is 1. The first kappa shape index (κ1) is 13.6. The summed E-state index contributed by atoms with van der Waals surface area (Å²) in [5.74, 6) is 0.731. The summed E-state index contributed by atoms with van der Waals surface area (Å²) >= 11 is 0. The van der Waals surface area contributed by atoms with Crippen molar-refractivity contribution < 1.29 is 9.84 Å². The molecule has 0 spiro atoms. The molecule has 0 amide bonds. The lowest BCUT2D eigenvalue weighted by atomic mass is 9.85.